The van der Waals surface area contributed by atoms with E-state index in [-0.39, 0.29) is 29.2 Å². The summed E-state index contributed by atoms with van der Waals surface area (Å²) in [6.45, 7) is 3.31. The van der Waals surface area contributed by atoms with E-state index in [0.29, 0.717) is 42.7 Å². The number of alkyl halides is 3. The van der Waals surface area contributed by atoms with Crippen LogP contribution < -0.4 is 16.0 Å². The number of fused-ring (bicyclic) bond motifs is 1. The van der Waals surface area contributed by atoms with Crippen LogP contribution in [0.4, 0.5) is 17.6 Å². The highest BCUT2D eigenvalue weighted by molar-refractivity contribution is 6.08. The second-order valence-electron chi connectivity index (χ2n) is 8.35. The number of amides is 2. The van der Waals surface area contributed by atoms with Crippen LogP contribution in [0.3, 0.4) is 0 Å². The molecule has 2 aromatic carbocycles. The molecule has 2 aliphatic rings. The Morgan fingerprint density at radius 3 is 2.67 bits per heavy atom. The molecule has 4 rings (SSSR count). The number of piperidine rings is 1. The zero-order valence-corrected chi connectivity index (χ0v) is 17.8. The Morgan fingerprint density at radius 1 is 1.21 bits per heavy atom. The van der Waals surface area contributed by atoms with E-state index in [0.717, 1.165) is 5.56 Å². The van der Waals surface area contributed by atoms with Crippen LogP contribution in [0.15, 0.2) is 36.4 Å². The van der Waals surface area contributed by atoms with Gasteiger partial charge in [0.1, 0.15) is 5.82 Å². The molecule has 2 aliphatic heterocycles. The second-order valence-corrected chi connectivity index (χ2v) is 8.35. The number of carbonyl (C=O) groups excluding carboxylic acids is 2. The molecule has 1 fully saturated rings. The summed E-state index contributed by atoms with van der Waals surface area (Å²) >= 11 is 0. The van der Waals surface area contributed by atoms with Crippen molar-refractivity contribution < 1.29 is 32.6 Å². The van der Waals surface area contributed by atoms with Crippen molar-refractivity contribution in [1.29, 1.82) is 0 Å². The molecule has 10 heteroatoms. The molecule has 0 bridgehead atoms. The second kappa shape index (κ2) is 8.58. The quantitative estimate of drug-likeness (QED) is 0.366. The van der Waals surface area contributed by atoms with Gasteiger partial charge in [-0.05, 0) is 54.8 Å². The summed E-state index contributed by atoms with van der Waals surface area (Å²) in [5.41, 5.74) is 2.49. The van der Waals surface area contributed by atoms with Crippen molar-refractivity contribution in [2.45, 2.75) is 38.0 Å². The van der Waals surface area contributed by atoms with Gasteiger partial charge in [-0.2, -0.15) is 13.2 Å². The first-order valence-electron chi connectivity index (χ1n) is 10.5. The van der Waals surface area contributed by atoms with Crippen LogP contribution in [0, 0.1) is 12.7 Å². The van der Waals surface area contributed by atoms with Crippen LogP contribution in [0.1, 0.15) is 45.0 Å². The van der Waals surface area contributed by atoms with Crippen molar-refractivity contribution in [2.75, 3.05) is 13.1 Å². The lowest BCUT2D eigenvalue weighted by Gasteiger charge is -2.38. The number of nitrogens with zero attached hydrogens (tertiary/aromatic N) is 1. The molecule has 0 radical (unpaired) electrons. The minimum atomic E-state index is -5.08. The van der Waals surface area contributed by atoms with E-state index in [1.54, 1.807) is 29.3 Å². The van der Waals surface area contributed by atoms with Crippen molar-refractivity contribution in [1.82, 2.24) is 15.5 Å². The van der Waals surface area contributed by atoms with E-state index in [4.69, 9.17) is 5.41 Å². The maximum absolute atomic E-state index is 14.2. The Labute approximate surface area is 187 Å². The average Bonchev–Trinajstić information content (AvgIpc) is 3.10. The van der Waals surface area contributed by atoms with Gasteiger partial charge in [0.05, 0.1) is 5.56 Å². The van der Waals surface area contributed by atoms with Crippen molar-refractivity contribution in [3.8, 4) is 0 Å². The van der Waals surface area contributed by atoms with E-state index >= 15 is 0 Å². The fourth-order valence-corrected chi connectivity index (χ4v) is 4.42. The third-order valence-corrected chi connectivity index (χ3v) is 6.23. The topological polar surface area (TPSA) is 87.0 Å². The fourth-order valence-electron chi connectivity index (χ4n) is 4.42. The predicted octanol–water partition coefficient (Wildman–Crippen LogP) is 1.42. The number of benzene rings is 2. The van der Waals surface area contributed by atoms with Crippen LogP contribution in [0.2, 0.25) is 0 Å². The summed E-state index contributed by atoms with van der Waals surface area (Å²) in [5.74, 6) is -3.36. The van der Waals surface area contributed by atoms with Gasteiger partial charge in [0.15, 0.2) is 0 Å². The molecule has 2 unspecified atom stereocenters. The highest BCUT2D eigenvalue weighted by Crippen LogP contribution is 2.34. The van der Waals surface area contributed by atoms with Crippen LogP contribution in [0.25, 0.3) is 0 Å². The molecule has 2 amide bonds. The van der Waals surface area contributed by atoms with Gasteiger partial charge in [-0.3, -0.25) is 10.2 Å². The molecule has 1 saturated heterocycles. The largest absolute Gasteiger partial charge is 0.495 e. The molecule has 2 atom stereocenters. The average molecular weight is 463 g/mol. The predicted molar refractivity (Wildman–Crippen MR) is 112 cm³/mol. The summed E-state index contributed by atoms with van der Waals surface area (Å²) in [4.78, 5) is 26.2. The number of hydrogen-bond donors (Lipinski definition) is 3. The van der Waals surface area contributed by atoms with Gasteiger partial charge >= 0.3 is 12.1 Å². The number of nitrogens with one attached hydrogen (secondary N) is 2. The number of aryl methyl sites for hydroxylation is 1. The fraction of sp³-hybridized carbons (Fsp3) is 0.348. The number of amidine groups is 1. The summed E-state index contributed by atoms with van der Waals surface area (Å²) in [5, 5.41) is 10.6. The van der Waals surface area contributed by atoms with E-state index in [1.807, 2.05) is 6.07 Å². The Morgan fingerprint density at radius 2 is 1.97 bits per heavy atom. The Kier molecular flexibility index (Phi) is 5.96. The molecular formula is C23H23F4N4O2+. The summed E-state index contributed by atoms with van der Waals surface area (Å²) in [6.07, 6.45) is -4.41. The molecule has 6 nitrogen and oxygen atoms in total. The summed E-state index contributed by atoms with van der Waals surface area (Å²) < 4.78 is 51.8. The van der Waals surface area contributed by atoms with E-state index in [2.05, 4.69) is 5.32 Å². The van der Waals surface area contributed by atoms with E-state index in [9.17, 15) is 27.2 Å². The highest BCUT2D eigenvalue weighted by atomic mass is 19.4. The molecule has 0 saturated carbocycles. The van der Waals surface area contributed by atoms with Gasteiger partial charge in [-0.15, -0.1) is 0 Å². The molecule has 0 spiro atoms. The van der Waals surface area contributed by atoms with E-state index < -0.39 is 17.9 Å². The smallest absolute Gasteiger partial charge is 0.331 e. The van der Waals surface area contributed by atoms with Gasteiger partial charge in [0.25, 0.3) is 11.7 Å². The lowest BCUT2D eigenvalue weighted by atomic mass is 9.85. The van der Waals surface area contributed by atoms with Gasteiger partial charge in [-0.1, -0.05) is 18.2 Å². The third kappa shape index (κ3) is 4.47. The normalized spacial score (nSPS) is 20.5. The van der Waals surface area contributed by atoms with Gasteiger partial charge in [0, 0.05) is 30.6 Å². The minimum Gasteiger partial charge on any atom is -0.331 e. The van der Waals surface area contributed by atoms with E-state index in [1.165, 1.54) is 18.2 Å². The van der Waals surface area contributed by atoms with Crippen molar-refractivity contribution in [3.05, 3.63) is 70.0 Å². The lowest BCUT2D eigenvalue weighted by molar-refractivity contribution is -0.174. The molecule has 4 N–H and O–H groups in total. The number of hydrogen-bond acceptors (Lipinski definition) is 3. The highest BCUT2D eigenvalue weighted by Gasteiger charge is 2.44. The zero-order valence-electron chi connectivity index (χ0n) is 17.8. The monoisotopic (exact) mass is 463 g/mol. The molecule has 0 aliphatic carbocycles. The maximum Gasteiger partial charge on any atom is 0.495 e. The molecule has 174 valence electrons. The SMILES string of the molecule is Cc1ccc(C2CNCCC2N2Cc3ccc(C(=[NH2+])NC(=O)C(F)(F)F)cc3C2=O)cc1F. The standard InChI is InChI=1S/C23H22F4N4O2/c1-12-2-3-13(9-18(12)24)17-10-29-7-6-19(17)31-11-15-5-4-14(8-16(15)21(31)32)20(28)30-22(33)23(25,26)27/h2-5,8-9,17,19,29H,6-7,10-11H2,1H3,(H2,28,30,33)/p+1. The molecular weight excluding hydrogens is 440 g/mol. The van der Waals surface area contributed by atoms with Gasteiger partial charge < -0.3 is 10.2 Å². The van der Waals surface area contributed by atoms with Crippen LogP contribution in [-0.4, -0.2) is 47.9 Å². The van der Waals surface area contributed by atoms with Gasteiger partial charge in [-0.25, -0.2) is 14.5 Å². The summed E-state index contributed by atoms with van der Waals surface area (Å²) in [7, 11) is 0. The number of rotatable bonds is 3. The molecule has 2 aromatic rings. The van der Waals surface area contributed by atoms with Crippen LogP contribution in [0.5, 0.6) is 0 Å². The van der Waals surface area contributed by atoms with Crippen molar-refractivity contribution in [2.24, 2.45) is 0 Å². The molecule has 0 aromatic heterocycles. The van der Waals surface area contributed by atoms with Gasteiger partial charge in [0.2, 0.25) is 0 Å². The first-order valence-corrected chi connectivity index (χ1v) is 10.5. The lowest BCUT2D eigenvalue weighted by Crippen LogP contribution is -2.54. The molecule has 33 heavy (non-hydrogen) atoms. The Bertz CT molecular complexity index is 1130. The first kappa shape index (κ1) is 22.9. The van der Waals surface area contributed by atoms with Crippen LogP contribution >= 0.6 is 0 Å². The van der Waals surface area contributed by atoms with Crippen molar-refractivity contribution >= 4 is 17.6 Å². The van der Waals surface area contributed by atoms with Crippen LogP contribution in [-0.2, 0) is 11.3 Å². The minimum absolute atomic E-state index is 0.115. The molecule has 2 heterocycles. The number of halogens is 4. The zero-order chi connectivity index (χ0) is 23.9. The first-order chi connectivity index (χ1) is 15.6. The van der Waals surface area contributed by atoms with Crippen molar-refractivity contribution in [3.63, 3.8) is 0 Å². The number of carbonyl (C=O) groups is 2. The third-order valence-electron chi connectivity index (χ3n) is 6.23. The maximum atomic E-state index is 14.2. The Balaban J connectivity index is 1.57. The Hall–Kier alpha value is -3.27. The summed E-state index contributed by atoms with van der Waals surface area (Å²) in [6, 6.07) is 9.40. The number of nitrogens with two attached hydrogens (primary N) is 1.